The Morgan fingerprint density at radius 2 is 1.89 bits per heavy atom. The Morgan fingerprint density at radius 1 is 1.04 bits per heavy atom. The summed E-state index contributed by atoms with van der Waals surface area (Å²) in [5.74, 6) is 1.42. The lowest BCUT2D eigenvalue weighted by atomic mass is 10.2. The van der Waals surface area contributed by atoms with E-state index in [1.54, 1.807) is 10.9 Å². The van der Waals surface area contributed by atoms with Crippen LogP contribution in [0.25, 0.3) is 16.6 Å². The molecule has 0 atom stereocenters. The standard InChI is InChI=1S/C20H20N6O/c1-15-8-10-17(11-9-15)26-20(23-24-25-26)22-13-4-14-27-18-7-2-5-16-6-3-12-21-19(16)18/h2-3,5-12H,4,13-14H2,1H3,(H,22,23,25). The number of anilines is 1. The van der Waals surface area contributed by atoms with Gasteiger partial charge in [-0.3, -0.25) is 4.98 Å². The smallest absolute Gasteiger partial charge is 0.247 e. The molecule has 2 aromatic carbocycles. The molecule has 0 aliphatic rings. The first-order valence-electron chi connectivity index (χ1n) is 8.87. The van der Waals surface area contributed by atoms with Crippen LogP contribution in [0, 0.1) is 6.92 Å². The second kappa shape index (κ2) is 7.82. The predicted molar refractivity (Wildman–Crippen MR) is 104 cm³/mol. The van der Waals surface area contributed by atoms with E-state index in [0.717, 1.165) is 28.8 Å². The molecule has 27 heavy (non-hydrogen) atoms. The molecule has 0 saturated heterocycles. The summed E-state index contributed by atoms with van der Waals surface area (Å²) in [4.78, 5) is 4.40. The van der Waals surface area contributed by atoms with Gasteiger partial charge in [-0.25, -0.2) is 0 Å². The maximum atomic E-state index is 5.91. The Bertz CT molecular complexity index is 1020. The maximum Gasteiger partial charge on any atom is 0.247 e. The number of nitrogens with one attached hydrogen (secondary N) is 1. The van der Waals surface area contributed by atoms with Crippen molar-refractivity contribution in [3.8, 4) is 11.4 Å². The molecule has 0 amide bonds. The van der Waals surface area contributed by atoms with Crippen LogP contribution in [0.1, 0.15) is 12.0 Å². The van der Waals surface area contributed by atoms with Crippen molar-refractivity contribution >= 4 is 16.9 Å². The fourth-order valence-corrected chi connectivity index (χ4v) is 2.80. The Morgan fingerprint density at radius 3 is 2.78 bits per heavy atom. The highest BCUT2D eigenvalue weighted by atomic mass is 16.5. The summed E-state index contributed by atoms with van der Waals surface area (Å²) in [6.07, 6.45) is 2.59. The summed E-state index contributed by atoms with van der Waals surface area (Å²) in [7, 11) is 0. The van der Waals surface area contributed by atoms with E-state index < -0.39 is 0 Å². The molecule has 0 aliphatic carbocycles. The third kappa shape index (κ3) is 3.87. The van der Waals surface area contributed by atoms with Gasteiger partial charge in [0, 0.05) is 18.1 Å². The number of rotatable bonds is 7. The highest BCUT2D eigenvalue weighted by Gasteiger charge is 2.07. The minimum Gasteiger partial charge on any atom is -0.491 e. The van der Waals surface area contributed by atoms with Crippen LogP contribution in [0.2, 0.25) is 0 Å². The van der Waals surface area contributed by atoms with E-state index in [0.29, 0.717) is 19.1 Å². The second-order valence-electron chi connectivity index (χ2n) is 6.21. The lowest BCUT2D eigenvalue weighted by Gasteiger charge is -2.10. The molecule has 4 aromatic rings. The van der Waals surface area contributed by atoms with Crippen LogP contribution in [0.4, 0.5) is 5.95 Å². The average Bonchev–Trinajstić information content (AvgIpc) is 3.17. The molecule has 0 aliphatic heterocycles. The Kier molecular flexibility index (Phi) is 4.91. The molecule has 7 nitrogen and oxygen atoms in total. The molecule has 1 N–H and O–H groups in total. The number of nitrogens with zero attached hydrogens (tertiary/aromatic N) is 5. The zero-order valence-electron chi connectivity index (χ0n) is 15.0. The normalized spacial score (nSPS) is 10.9. The van der Waals surface area contributed by atoms with Gasteiger partial charge in [-0.15, -0.1) is 0 Å². The van der Waals surface area contributed by atoms with Gasteiger partial charge in [0.25, 0.3) is 0 Å². The lowest BCUT2D eigenvalue weighted by Crippen LogP contribution is -2.11. The molecule has 0 fully saturated rings. The maximum absolute atomic E-state index is 5.91. The highest BCUT2D eigenvalue weighted by Crippen LogP contribution is 2.23. The van der Waals surface area contributed by atoms with Gasteiger partial charge in [0.2, 0.25) is 5.95 Å². The number of ether oxygens (including phenoxy) is 1. The van der Waals surface area contributed by atoms with Crippen LogP contribution in [0.15, 0.2) is 60.8 Å². The first-order chi connectivity index (χ1) is 13.3. The summed E-state index contributed by atoms with van der Waals surface area (Å²) < 4.78 is 7.60. The van der Waals surface area contributed by atoms with Crippen molar-refractivity contribution in [1.29, 1.82) is 0 Å². The van der Waals surface area contributed by atoms with E-state index in [2.05, 4.69) is 25.8 Å². The molecule has 4 rings (SSSR count). The van der Waals surface area contributed by atoms with Crippen molar-refractivity contribution in [2.24, 2.45) is 0 Å². The topological polar surface area (TPSA) is 77.8 Å². The van der Waals surface area contributed by atoms with Gasteiger partial charge in [-0.05, 0) is 48.0 Å². The lowest BCUT2D eigenvalue weighted by molar-refractivity contribution is 0.318. The molecule has 0 radical (unpaired) electrons. The number of hydrogen-bond donors (Lipinski definition) is 1. The number of tetrazole rings is 1. The minimum atomic E-state index is 0.578. The van der Waals surface area contributed by atoms with Crippen LogP contribution in [-0.4, -0.2) is 38.3 Å². The monoisotopic (exact) mass is 360 g/mol. The van der Waals surface area contributed by atoms with Crippen molar-refractivity contribution in [2.75, 3.05) is 18.5 Å². The van der Waals surface area contributed by atoms with E-state index in [1.165, 1.54) is 5.56 Å². The first-order valence-corrected chi connectivity index (χ1v) is 8.87. The molecule has 7 heteroatoms. The van der Waals surface area contributed by atoms with Gasteiger partial charge >= 0.3 is 0 Å². The Balaban J connectivity index is 1.32. The second-order valence-corrected chi connectivity index (χ2v) is 6.21. The zero-order chi connectivity index (χ0) is 18.5. The Labute approximate surface area is 157 Å². The molecular weight excluding hydrogens is 340 g/mol. The van der Waals surface area contributed by atoms with Crippen LogP contribution < -0.4 is 10.1 Å². The number of benzene rings is 2. The summed E-state index contributed by atoms with van der Waals surface area (Å²) in [5.41, 5.74) is 3.00. The summed E-state index contributed by atoms with van der Waals surface area (Å²) in [5, 5.41) is 16.2. The van der Waals surface area contributed by atoms with Crippen LogP contribution in [0.5, 0.6) is 5.75 Å². The molecule has 2 aromatic heterocycles. The first kappa shape index (κ1) is 17.0. The van der Waals surface area contributed by atoms with Gasteiger partial charge in [0.15, 0.2) is 0 Å². The van der Waals surface area contributed by atoms with E-state index in [-0.39, 0.29) is 0 Å². The van der Waals surface area contributed by atoms with Gasteiger partial charge < -0.3 is 10.1 Å². The number of aromatic nitrogens is 5. The SMILES string of the molecule is Cc1ccc(-n2nnnc2NCCCOc2cccc3cccnc23)cc1. The van der Waals surface area contributed by atoms with Crippen molar-refractivity contribution in [1.82, 2.24) is 25.2 Å². The number of hydrogen-bond acceptors (Lipinski definition) is 6. The molecule has 2 heterocycles. The van der Waals surface area contributed by atoms with Crippen LogP contribution in [0.3, 0.4) is 0 Å². The van der Waals surface area contributed by atoms with E-state index in [9.17, 15) is 0 Å². The molecule has 0 bridgehead atoms. The van der Waals surface area contributed by atoms with E-state index in [1.807, 2.05) is 61.5 Å². The Hall–Kier alpha value is -3.48. The third-order valence-electron chi connectivity index (χ3n) is 4.21. The van der Waals surface area contributed by atoms with E-state index >= 15 is 0 Å². The van der Waals surface area contributed by atoms with Gasteiger partial charge in [0.1, 0.15) is 11.3 Å². The van der Waals surface area contributed by atoms with Crippen molar-refractivity contribution < 1.29 is 4.74 Å². The van der Waals surface area contributed by atoms with Gasteiger partial charge in [0.05, 0.1) is 12.3 Å². The van der Waals surface area contributed by atoms with Gasteiger partial charge in [-0.1, -0.05) is 41.0 Å². The third-order valence-corrected chi connectivity index (χ3v) is 4.21. The molecule has 0 spiro atoms. The largest absolute Gasteiger partial charge is 0.491 e. The molecule has 136 valence electrons. The van der Waals surface area contributed by atoms with Gasteiger partial charge in [-0.2, -0.15) is 4.68 Å². The fourth-order valence-electron chi connectivity index (χ4n) is 2.80. The van der Waals surface area contributed by atoms with Crippen molar-refractivity contribution in [3.63, 3.8) is 0 Å². The number of fused-ring (bicyclic) bond motifs is 1. The van der Waals surface area contributed by atoms with Crippen LogP contribution in [-0.2, 0) is 0 Å². The predicted octanol–water partition coefficient (Wildman–Crippen LogP) is 3.40. The van der Waals surface area contributed by atoms with Crippen molar-refractivity contribution in [3.05, 3.63) is 66.4 Å². The molecule has 0 unspecified atom stereocenters. The fraction of sp³-hybridized carbons (Fsp3) is 0.200. The molecular formula is C20H20N6O. The zero-order valence-corrected chi connectivity index (χ0v) is 15.0. The summed E-state index contributed by atoms with van der Waals surface area (Å²) in [6.45, 7) is 3.33. The minimum absolute atomic E-state index is 0.578. The average molecular weight is 360 g/mol. The number of pyridine rings is 1. The van der Waals surface area contributed by atoms with Crippen molar-refractivity contribution in [2.45, 2.75) is 13.3 Å². The summed E-state index contributed by atoms with van der Waals surface area (Å²) in [6, 6.07) is 18.0. The van der Waals surface area contributed by atoms with E-state index in [4.69, 9.17) is 4.74 Å². The summed E-state index contributed by atoms with van der Waals surface area (Å²) >= 11 is 0. The number of aryl methyl sites for hydroxylation is 1. The quantitative estimate of drug-likeness (QED) is 0.509. The van der Waals surface area contributed by atoms with Crippen LogP contribution >= 0.6 is 0 Å². The molecule has 0 saturated carbocycles. The highest BCUT2D eigenvalue weighted by molar-refractivity contribution is 5.84. The number of para-hydroxylation sites is 1.